The fourth-order valence-electron chi connectivity index (χ4n) is 2.95. The number of hydrogen-bond donors (Lipinski definition) is 2. The molecule has 0 radical (unpaired) electrons. The molecule has 2 aliphatic heterocycles. The summed E-state index contributed by atoms with van der Waals surface area (Å²) in [5, 5.41) is 3.01. The van der Waals surface area contributed by atoms with Crippen LogP contribution in [0.1, 0.15) is 24.0 Å². The molecule has 1 amide bonds. The molecular formula is C14H16N2O3. The van der Waals surface area contributed by atoms with Crippen molar-refractivity contribution in [2.75, 3.05) is 6.61 Å². The third-order valence-corrected chi connectivity index (χ3v) is 3.93. The molecular weight excluding hydrogens is 244 g/mol. The van der Waals surface area contributed by atoms with E-state index in [4.69, 9.17) is 10.5 Å². The van der Waals surface area contributed by atoms with Crippen LogP contribution in [0.3, 0.4) is 0 Å². The highest BCUT2D eigenvalue weighted by Crippen LogP contribution is 2.34. The van der Waals surface area contributed by atoms with Gasteiger partial charge in [0.05, 0.1) is 0 Å². The first kappa shape index (κ1) is 12.3. The number of primary amides is 1. The summed E-state index contributed by atoms with van der Waals surface area (Å²) >= 11 is 0. The zero-order chi connectivity index (χ0) is 13.5. The first-order valence-corrected chi connectivity index (χ1v) is 6.45. The third-order valence-electron chi connectivity index (χ3n) is 3.93. The van der Waals surface area contributed by atoms with Crippen molar-refractivity contribution in [1.29, 1.82) is 0 Å². The first-order chi connectivity index (χ1) is 9.16. The molecule has 1 unspecified atom stereocenters. The van der Waals surface area contributed by atoms with Crippen molar-refractivity contribution in [2.24, 2.45) is 5.73 Å². The normalized spacial score (nSPS) is 29.2. The Hall–Kier alpha value is -1.72. The molecule has 2 atom stereocenters. The molecule has 1 fully saturated rings. The second kappa shape index (κ2) is 4.43. The molecule has 0 spiro atoms. The maximum absolute atomic E-state index is 12.7. The fraction of sp³-hybridized carbons (Fsp3) is 0.429. The Labute approximate surface area is 111 Å². The standard InChI is InChI=1S/C14H16N2O3/c15-13(18)14(12(17)11-6-3-7-19-11)10-5-2-1-4-9(10)8-16-14/h1-2,4-5,11,16H,3,6-8H2,(H2,15,18)/t11-,14?/m1/s1. The van der Waals surface area contributed by atoms with Crippen LogP contribution in [0.4, 0.5) is 0 Å². The lowest BCUT2D eigenvalue weighted by Crippen LogP contribution is -2.58. The maximum atomic E-state index is 12.7. The van der Waals surface area contributed by atoms with Gasteiger partial charge >= 0.3 is 0 Å². The minimum absolute atomic E-state index is 0.262. The monoisotopic (exact) mass is 260 g/mol. The number of amides is 1. The summed E-state index contributed by atoms with van der Waals surface area (Å²) in [6.45, 7) is 1.03. The SMILES string of the molecule is NC(=O)C1(C(=O)[C@H]2CCCO2)NCc2ccccc21. The van der Waals surface area contributed by atoms with Crippen molar-refractivity contribution >= 4 is 11.7 Å². The molecule has 0 bridgehead atoms. The van der Waals surface area contributed by atoms with E-state index in [2.05, 4.69) is 5.32 Å². The van der Waals surface area contributed by atoms with Crippen molar-refractivity contribution in [2.45, 2.75) is 31.0 Å². The summed E-state index contributed by atoms with van der Waals surface area (Å²) in [7, 11) is 0. The van der Waals surface area contributed by atoms with E-state index in [9.17, 15) is 9.59 Å². The molecule has 3 rings (SSSR count). The van der Waals surface area contributed by atoms with Crippen LogP contribution in [0.25, 0.3) is 0 Å². The lowest BCUT2D eigenvalue weighted by Gasteiger charge is -2.28. The van der Waals surface area contributed by atoms with Crippen molar-refractivity contribution in [3.8, 4) is 0 Å². The van der Waals surface area contributed by atoms with E-state index in [0.717, 1.165) is 12.0 Å². The van der Waals surface area contributed by atoms with Gasteiger partial charge in [-0.1, -0.05) is 24.3 Å². The molecule has 0 aromatic heterocycles. The lowest BCUT2D eigenvalue weighted by molar-refractivity contribution is -0.142. The maximum Gasteiger partial charge on any atom is 0.250 e. The molecule has 0 saturated carbocycles. The fourth-order valence-corrected chi connectivity index (χ4v) is 2.95. The van der Waals surface area contributed by atoms with Crippen molar-refractivity contribution in [3.63, 3.8) is 0 Å². The molecule has 1 aromatic rings. The van der Waals surface area contributed by atoms with Gasteiger partial charge in [-0.3, -0.25) is 14.9 Å². The Morgan fingerprint density at radius 2 is 2.16 bits per heavy atom. The third kappa shape index (κ3) is 1.69. The van der Waals surface area contributed by atoms with Gasteiger partial charge in [0.2, 0.25) is 5.91 Å². The number of Topliss-reactive ketones (excluding diaryl/α,β-unsaturated/α-hetero) is 1. The number of nitrogens with two attached hydrogens (primary N) is 1. The van der Waals surface area contributed by atoms with Gasteiger partial charge in [0.15, 0.2) is 11.3 Å². The van der Waals surface area contributed by atoms with E-state index >= 15 is 0 Å². The van der Waals surface area contributed by atoms with E-state index in [-0.39, 0.29) is 5.78 Å². The van der Waals surface area contributed by atoms with E-state index in [0.29, 0.717) is 25.1 Å². The predicted octanol–water partition coefficient (Wildman–Crippen LogP) is 0.219. The first-order valence-electron chi connectivity index (χ1n) is 6.45. The highest BCUT2D eigenvalue weighted by molar-refractivity contribution is 6.13. The van der Waals surface area contributed by atoms with Gasteiger partial charge in [-0.05, 0) is 24.0 Å². The average molecular weight is 260 g/mol. The van der Waals surface area contributed by atoms with Crippen molar-refractivity contribution < 1.29 is 14.3 Å². The number of nitrogens with one attached hydrogen (secondary N) is 1. The van der Waals surface area contributed by atoms with Gasteiger partial charge in [-0.2, -0.15) is 0 Å². The van der Waals surface area contributed by atoms with Crippen LogP contribution < -0.4 is 11.1 Å². The summed E-state index contributed by atoms with van der Waals surface area (Å²) in [5.74, 6) is -0.916. The number of ketones is 1. The zero-order valence-corrected chi connectivity index (χ0v) is 10.5. The van der Waals surface area contributed by atoms with Gasteiger partial charge in [0.25, 0.3) is 0 Å². The number of carbonyl (C=O) groups is 2. The molecule has 1 aromatic carbocycles. The molecule has 19 heavy (non-hydrogen) atoms. The topological polar surface area (TPSA) is 81.4 Å². The van der Waals surface area contributed by atoms with E-state index in [1.54, 1.807) is 6.07 Å². The van der Waals surface area contributed by atoms with Crippen molar-refractivity contribution in [1.82, 2.24) is 5.32 Å². The second-order valence-corrected chi connectivity index (χ2v) is 4.99. The highest BCUT2D eigenvalue weighted by atomic mass is 16.5. The minimum atomic E-state index is -1.42. The molecule has 2 heterocycles. The summed E-state index contributed by atoms with van der Waals surface area (Å²) in [5.41, 5.74) is 5.72. The largest absolute Gasteiger partial charge is 0.370 e. The van der Waals surface area contributed by atoms with Crippen LogP contribution in [-0.4, -0.2) is 24.4 Å². The summed E-state index contributed by atoms with van der Waals surface area (Å²) < 4.78 is 5.42. The van der Waals surface area contributed by atoms with Crippen LogP contribution in [0.15, 0.2) is 24.3 Å². The molecule has 100 valence electrons. The quantitative estimate of drug-likeness (QED) is 0.762. The zero-order valence-electron chi connectivity index (χ0n) is 10.5. The number of carbonyl (C=O) groups excluding carboxylic acids is 2. The summed E-state index contributed by atoms with van der Waals surface area (Å²) in [6.07, 6.45) is 0.955. The van der Waals surface area contributed by atoms with Crippen LogP contribution in [0, 0.1) is 0 Å². The van der Waals surface area contributed by atoms with Crippen LogP contribution in [0.2, 0.25) is 0 Å². The van der Waals surface area contributed by atoms with Crippen LogP contribution in [-0.2, 0) is 26.4 Å². The Balaban J connectivity index is 2.06. The summed E-state index contributed by atoms with van der Waals surface area (Å²) in [6, 6.07) is 7.38. The molecule has 0 aliphatic carbocycles. The van der Waals surface area contributed by atoms with Crippen LogP contribution >= 0.6 is 0 Å². The Bertz CT molecular complexity index is 537. The number of hydrogen-bond acceptors (Lipinski definition) is 4. The smallest absolute Gasteiger partial charge is 0.250 e. The van der Waals surface area contributed by atoms with Crippen LogP contribution in [0.5, 0.6) is 0 Å². The van der Waals surface area contributed by atoms with E-state index in [1.165, 1.54) is 0 Å². The molecule has 1 saturated heterocycles. The van der Waals surface area contributed by atoms with Gasteiger partial charge < -0.3 is 10.5 Å². The Morgan fingerprint density at radius 1 is 1.37 bits per heavy atom. The van der Waals surface area contributed by atoms with Gasteiger partial charge in [0.1, 0.15) is 6.10 Å². The summed E-state index contributed by atoms with van der Waals surface area (Å²) in [4.78, 5) is 24.7. The molecule has 5 heteroatoms. The number of benzene rings is 1. The molecule has 5 nitrogen and oxygen atoms in total. The van der Waals surface area contributed by atoms with Gasteiger partial charge in [0, 0.05) is 13.2 Å². The molecule has 3 N–H and O–H groups in total. The molecule has 2 aliphatic rings. The number of ether oxygens (including phenoxy) is 1. The number of fused-ring (bicyclic) bond motifs is 1. The minimum Gasteiger partial charge on any atom is -0.370 e. The predicted molar refractivity (Wildman–Crippen MR) is 68.1 cm³/mol. The average Bonchev–Trinajstić information content (AvgIpc) is 3.06. The van der Waals surface area contributed by atoms with E-state index in [1.807, 2.05) is 18.2 Å². The Morgan fingerprint density at radius 3 is 2.84 bits per heavy atom. The van der Waals surface area contributed by atoms with Gasteiger partial charge in [-0.15, -0.1) is 0 Å². The Kier molecular flexibility index (Phi) is 2.88. The highest BCUT2D eigenvalue weighted by Gasteiger charge is 2.53. The number of rotatable bonds is 3. The van der Waals surface area contributed by atoms with Crippen molar-refractivity contribution in [3.05, 3.63) is 35.4 Å². The van der Waals surface area contributed by atoms with Gasteiger partial charge in [-0.25, -0.2) is 0 Å². The lowest BCUT2D eigenvalue weighted by atomic mass is 9.83. The van der Waals surface area contributed by atoms with E-state index < -0.39 is 17.6 Å². The second-order valence-electron chi connectivity index (χ2n) is 4.99.